The number of hydrogen-bond donors (Lipinski definition) is 1. The van der Waals surface area contributed by atoms with E-state index < -0.39 is 0 Å². The summed E-state index contributed by atoms with van der Waals surface area (Å²) in [4.78, 5) is 11.6. The van der Waals surface area contributed by atoms with Gasteiger partial charge in [-0.2, -0.15) is 10.4 Å². The Kier molecular flexibility index (Phi) is 5.82. The highest BCUT2D eigenvalue weighted by molar-refractivity contribution is 6.32. The molecule has 0 spiro atoms. The fraction of sp³-hybridized carbons (Fsp3) is 0.500. The van der Waals surface area contributed by atoms with Gasteiger partial charge in [0.25, 0.3) is 0 Å². The highest BCUT2D eigenvalue weighted by atomic mass is 35.5. The van der Waals surface area contributed by atoms with Crippen molar-refractivity contribution in [3.8, 4) is 6.07 Å². The highest BCUT2D eigenvalue weighted by Gasteiger charge is 2.35. The van der Waals surface area contributed by atoms with Crippen LogP contribution < -0.4 is 5.32 Å². The summed E-state index contributed by atoms with van der Waals surface area (Å²) < 4.78 is 7.40. The van der Waals surface area contributed by atoms with Crippen LogP contribution in [0.3, 0.4) is 0 Å². The molecule has 8 nitrogen and oxygen atoms in total. The van der Waals surface area contributed by atoms with Gasteiger partial charge >= 0.3 is 0 Å². The monoisotopic (exact) mass is 497 g/mol. The second-order valence-electron chi connectivity index (χ2n) is 9.43. The number of hydrogen-bond acceptors (Lipinski definition) is 7. The van der Waals surface area contributed by atoms with Gasteiger partial charge < -0.3 is 10.1 Å². The van der Waals surface area contributed by atoms with Gasteiger partial charge in [-0.05, 0) is 62.4 Å². The van der Waals surface area contributed by atoms with Crippen molar-refractivity contribution in [2.75, 3.05) is 31.6 Å². The topological polar surface area (TPSA) is 91.9 Å². The van der Waals surface area contributed by atoms with E-state index in [-0.39, 0.29) is 12.0 Å². The third-order valence-corrected chi connectivity index (χ3v) is 7.93. The number of likely N-dealkylation sites (tertiary alicyclic amines) is 1. The van der Waals surface area contributed by atoms with Crippen molar-refractivity contribution in [1.82, 2.24) is 24.6 Å². The number of aromatic nitrogens is 4. The first-order valence-corrected chi connectivity index (χ1v) is 12.5. The van der Waals surface area contributed by atoms with Crippen LogP contribution in [0.1, 0.15) is 43.2 Å². The van der Waals surface area contributed by atoms with E-state index in [9.17, 15) is 5.26 Å². The zero-order chi connectivity index (χ0) is 23.2. The zero-order valence-electron chi connectivity index (χ0n) is 18.6. The summed E-state index contributed by atoms with van der Waals surface area (Å²) in [6.07, 6.45) is 7.72. The van der Waals surface area contributed by atoms with Gasteiger partial charge in [-0.3, -0.25) is 4.90 Å². The van der Waals surface area contributed by atoms with Crippen LogP contribution in [0.15, 0.2) is 24.5 Å². The predicted molar refractivity (Wildman–Crippen MR) is 131 cm³/mol. The Morgan fingerprint density at radius 2 is 1.91 bits per heavy atom. The SMILES string of the molecule is N#C[C@H]1COC[C@@H]1N1CCC(c2cc3nc(Nc4cnn(C5CC5)c4Cl)ncc3cc2Cl)CC1. The number of benzene rings is 1. The molecule has 1 N–H and O–H groups in total. The van der Waals surface area contributed by atoms with E-state index in [1.54, 1.807) is 12.4 Å². The zero-order valence-corrected chi connectivity index (χ0v) is 20.1. The van der Waals surface area contributed by atoms with Crippen LogP contribution in [0.2, 0.25) is 10.2 Å². The van der Waals surface area contributed by atoms with Crippen molar-refractivity contribution in [3.05, 3.63) is 40.3 Å². The normalized spacial score (nSPS) is 23.9. The van der Waals surface area contributed by atoms with E-state index in [0.29, 0.717) is 42.0 Å². The Balaban J connectivity index is 1.20. The molecule has 1 saturated carbocycles. The summed E-state index contributed by atoms with van der Waals surface area (Å²) in [5.74, 6) is 0.804. The number of halogens is 2. The van der Waals surface area contributed by atoms with Gasteiger partial charge in [0.05, 0.1) is 54.7 Å². The molecule has 2 aromatic heterocycles. The standard InChI is InChI=1S/C24H25Cl2N7O/c25-19-7-15-10-28-24(31-21-11-29-33(23(21)26)17-1-2-17)30-20(15)8-18(19)14-3-5-32(6-4-14)22-13-34-12-16(22)9-27/h7-8,10-11,14,16-17,22H,1-6,12-13H2,(H,28,30,31)/t16-,22-/m0/s1. The third kappa shape index (κ3) is 4.11. The van der Waals surface area contributed by atoms with Crippen molar-refractivity contribution in [3.63, 3.8) is 0 Å². The van der Waals surface area contributed by atoms with Crippen molar-refractivity contribution < 1.29 is 4.74 Å². The van der Waals surface area contributed by atoms with Crippen LogP contribution in [-0.2, 0) is 4.74 Å². The van der Waals surface area contributed by atoms with Gasteiger partial charge in [0.2, 0.25) is 5.95 Å². The molecule has 2 saturated heterocycles. The van der Waals surface area contributed by atoms with Crippen LogP contribution >= 0.6 is 23.2 Å². The molecular weight excluding hydrogens is 473 g/mol. The van der Waals surface area contributed by atoms with Crippen LogP contribution in [0.25, 0.3) is 10.9 Å². The van der Waals surface area contributed by atoms with E-state index in [1.807, 2.05) is 10.7 Å². The minimum Gasteiger partial charge on any atom is -0.378 e. The molecule has 34 heavy (non-hydrogen) atoms. The maximum Gasteiger partial charge on any atom is 0.227 e. The molecule has 4 heterocycles. The molecule has 1 aliphatic carbocycles. The lowest BCUT2D eigenvalue weighted by molar-refractivity contribution is 0.119. The second-order valence-corrected chi connectivity index (χ2v) is 10.2. The minimum absolute atomic E-state index is 0.0340. The maximum atomic E-state index is 9.39. The molecule has 0 radical (unpaired) electrons. The van der Waals surface area contributed by atoms with E-state index in [4.69, 9.17) is 32.9 Å². The molecular formula is C24H25Cl2N7O. The Morgan fingerprint density at radius 3 is 2.68 bits per heavy atom. The van der Waals surface area contributed by atoms with E-state index in [1.165, 1.54) is 0 Å². The fourth-order valence-corrected chi connectivity index (χ4v) is 5.74. The number of fused-ring (bicyclic) bond motifs is 1. The molecule has 6 rings (SSSR count). The Bertz CT molecular complexity index is 1260. The van der Waals surface area contributed by atoms with Gasteiger partial charge in [-0.15, -0.1) is 0 Å². The number of nitriles is 1. The Hall–Kier alpha value is -2.44. The average Bonchev–Trinajstić information content (AvgIpc) is 3.47. The Morgan fingerprint density at radius 1 is 1.09 bits per heavy atom. The van der Waals surface area contributed by atoms with Crippen molar-refractivity contribution in [1.29, 1.82) is 5.26 Å². The number of nitrogens with zero attached hydrogens (tertiary/aromatic N) is 6. The fourth-order valence-electron chi connectivity index (χ4n) is 5.13. The first-order valence-electron chi connectivity index (χ1n) is 11.8. The molecule has 3 fully saturated rings. The van der Waals surface area contributed by atoms with Crippen LogP contribution in [-0.4, -0.2) is 57.0 Å². The second kappa shape index (κ2) is 8.97. The van der Waals surface area contributed by atoms with Crippen molar-refractivity contribution in [2.45, 2.75) is 43.7 Å². The van der Waals surface area contributed by atoms with Gasteiger partial charge in [-0.25, -0.2) is 14.6 Å². The number of piperidine rings is 1. The van der Waals surface area contributed by atoms with Gasteiger partial charge in [0.1, 0.15) is 0 Å². The van der Waals surface area contributed by atoms with Crippen LogP contribution in [0.4, 0.5) is 11.6 Å². The lowest BCUT2D eigenvalue weighted by Gasteiger charge is -2.36. The molecule has 0 amide bonds. The molecule has 10 heteroatoms. The molecule has 3 aromatic rings. The summed E-state index contributed by atoms with van der Waals surface area (Å²) in [6.45, 7) is 3.06. The molecule has 1 aromatic carbocycles. The predicted octanol–water partition coefficient (Wildman–Crippen LogP) is 4.93. The first kappa shape index (κ1) is 22.1. The molecule has 2 atom stereocenters. The number of nitrogens with one attached hydrogen (secondary N) is 1. The summed E-state index contributed by atoms with van der Waals surface area (Å²) >= 11 is 13.2. The third-order valence-electron chi connectivity index (χ3n) is 7.23. The quantitative estimate of drug-likeness (QED) is 0.533. The highest BCUT2D eigenvalue weighted by Crippen LogP contribution is 2.39. The van der Waals surface area contributed by atoms with Crippen molar-refractivity contribution >= 4 is 45.7 Å². The molecule has 3 aliphatic rings. The number of rotatable bonds is 5. The lowest BCUT2D eigenvalue weighted by Crippen LogP contribution is -2.44. The smallest absolute Gasteiger partial charge is 0.227 e. The summed E-state index contributed by atoms with van der Waals surface area (Å²) in [5.41, 5.74) is 2.68. The first-order chi connectivity index (χ1) is 16.6. The summed E-state index contributed by atoms with van der Waals surface area (Å²) in [6, 6.07) is 7.06. The lowest BCUT2D eigenvalue weighted by atomic mass is 9.87. The molecule has 176 valence electrons. The number of anilines is 2. The van der Waals surface area contributed by atoms with Crippen molar-refractivity contribution in [2.24, 2.45) is 5.92 Å². The maximum absolute atomic E-state index is 9.39. The summed E-state index contributed by atoms with van der Waals surface area (Å²) in [5, 5.41) is 19.2. The largest absolute Gasteiger partial charge is 0.378 e. The van der Waals surface area contributed by atoms with E-state index in [0.717, 1.165) is 60.3 Å². The van der Waals surface area contributed by atoms with Gasteiger partial charge in [0.15, 0.2) is 5.15 Å². The minimum atomic E-state index is -0.0340. The average molecular weight is 498 g/mol. The van der Waals surface area contributed by atoms with Gasteiger partial charge in [0, 0.05) is 16.6 Å². The molecule has 0 unspecified atom stereocenters. The summed E-state index contributed by atoms with van der Waals surface area (Å²) in [7, 11) is 0. The molecule has 2 aliphatic heterocycles. The van der Waals surface area contributed by atoms with Gasteiger partial charge in [-0.1, -0.05) is 23.2 Å². The van der Waals surface area contributed by atoms with Crippen LogP contribution in [0, 0.1) is 17.2 Å². The Labute approximate surface area is 207 Å². The number of ether oxygens (including phenoxy) is 1. The van der Waals surface area contributed by atoms with Crippen LogP contribution in [0.5, 0.6) is 0 Å². The van der Waals surface area contributed by atoms with E-state index in [2.05, 4.69) is 32.4 Å². The molecule has 0 bridgehead atoms. The van der Waals surface area contributed by atoms with E-state index >= 15 is 0 Å².